The highest BCUT2D eigenvalue weighted by atomic mass is 16.3. The molecule has 0 saturated heterocycles. The van der Waals surface area contributed by atoms with Gasteiger partial charge in [-0.15, -0.1) is 0 Å². The maximum Gasteiger partial charge on any atom is 0.236 e. The molecule has 3 aromatic heterocycles. The Labute approximate surface area is 228 Å². The Hall–Kier alpha value is -5.48. The van der Waals surface area contributed by atoms with E-state index >= 15 is 0 Å². The molecule has 0 atom stereocenters. The van der Waals surface area contributed by atoms with E-state index in [4.69, 9.17) is 14.4 Å². The molecule has 4 heteroatoms. The van der Waals surface area contributed by atoms with Gasteiger partial charge in [-0.1, -0.05) is 103 Å². The Balaban J connectivity index is 1.50. The van der Waals surface area contributed by atoms with Crippen molar-refractivity contribution in [1.82, 2.24) is 14.5 Å². The maximum atomic E-state index is 6.37. The number of aromatic nitrogens is 3. The molecule has 6 aromatic carbocycles. The van der Waals surface area contributed by atoms with Crippen LogP contribution in [0.2, 0.25) is 0 Å². The lowest BCUT2D eigenvalue weighted by Gasteiger charge is -2.10. The Morgan fingerprint density at radius 3 is 1.75 bits per heavy atom. The van der Waals surface area contributed by atoms with Gasteiger partial charge in [0.2, 0.25) is 5.95 Å². The van der Waals surface area contributed by atoms with Crippen molar-refractivity contribution in [3.63, 3.8) is 0 Å². The molecule has 0 bridgehead atoms. The molecule has 0 saturated carbocycles. The van der Waals surface area contributed by atoms with Gasteiger partial charge < -0.3 is 4.42 Å². The summed E-state index contributed by atoms with van der Waals surface area (Å²) in [6, 6.07) is 44.3. The molecular formula is C36H21N3O. The quantitative estimate of drug-likeness (QED) is 0.232. The van der Waals surface area contributed by atoms with Crippen molar-refractivity contribution >= 4 is 65.4 Å². The van der Waals surface area contributed by atoms with E-state index in [2.05, 4.69) is 95.6 Å². The van der Waals surface area contributed by atoms with Crippen LogP contribution in [-0.2, 0) is 0 Å². The maximum absolute atomic E-state index is 6.37. The van der Waals surface area contributed by atoms with Crippen LogP contribution in [0.5, 0.6) is 0 Å². The molecule has 186 valence electrons. The van der Waals surface area contributed by atoms with Gasteiger partial charge in [0.25, 0.3) is 0 Å². The fraction of sp³-hybridized carbons (Fsp3) is 0. The van der Waals surface area contributed by atoms with Gasteiger partial charge in [0.1, 0.15) is 16.8 Å². The van der Waals surface area contributed by atoms with Crippen molar-refractivity contribution in [2.45, 2.75) is 0 Å². The monoisotopic (exact) mass is 511 g/mol. The number of fused-ring (bicyclic) bond motifs is 10. The van der Waals surface area contributed by atoms with E-state index < -0.39 is 0 Å². The number of hydrogen-bond acceptors (Lipinski definition) is 3. The minimum absolute atomic E-state index is 0.628. The van der Waals surface area contributed by atoms with Gasteiger partial charge >= 0.3 is 0 Å². The van der Waals surface area contributed by atoms with Crippen molar-refractivity contribution < 1.29 is 4.42 Å². The number of hydrogen-bond donors (Lipinski definition) is 0. The van der Waals surface area contributed by atoms with Gasteiger partial charge in [0.15, 0.2) is 5.58 Å². The number of benzene rings is 6. The van der Waals surface area contributed by atoms with Crippen molar-refractivity contribution in [2.24, 2.45) is 0 Å². The van der Waals surface area contributed by atoms with E-state index in [1.165, 1.54) is 32.3 Å². The molecule has 40 heavy (non-hydrogen) atoms. The smallest absolute Gasteiger partial charge is 0.236 e. The number of furan rings is 1. The lowest BCUT2D eigenvalue weighted by atomic mass is 10.00. The molecule has 0 amide bonds. The normalized spacial score (nSPS) is 12.0. The van der Waals surface area contributed by atoms with Crippen molar-refractivity contribution in [3.8, 4) is 17.2 Å². The Morgan fingerprint density at radius 2 is 1.07 bits per heavy atom. The molecule has 9 rings (SSSR count). The first-order valence-corrected chi connectivity index (χ1v) is 13.4. The fourth-order valence-corrected chi connectivity index (χ4v) is 6.23. The van der Waals surface area contributed by atoms with Gasteiger partial charge in [0, 0.05) is 21.7 Å². The molecule has 9 aromatic rings. The van der Waals surface area contributed by atoms with Crippen molar-refractivity contribution in [3.05, 3.63) is 127 Å². The predicted molar refractivity (Wildman–Crippen MR) is 164 cm³/mol. The summed E-state index contributed by atoms with van der Waals surface area (Å²) >= 11 is 0. The number of rotatable bonds is 2. The zero-order chi connectivity index (χ0) is 26.2. The van der Waals surface area contributed by atoms with E-state index in [9.17, 15) is 0 Å². The summed E-state index contributed by atoms with van der Waals surface area (Å²) in [4.78, 5) is 10.4. The highest BCUT2D eigenvalue weighted by Crippen LogP contribution is 2.41. The fourth-order valence-electron chi connectivity index (χ4n) is 6.23. The molecule has 0 fully saturated rings. The first kappa shape index (κ1) is 21.5. The number of para-hydroxylation sites is 1. The highest BCUT2D eigenvalue weighted by Gasteiger charge is 2.22. The summed E-state index contributed by atoms with van der Waals surface area (Å²) in [5.74, 6) is 0.628. The SMILES string of the molecule is c1ccc(-c2nc(-n3c4ccc5ccccc5c4c4c5ccccc5ccc43)nc3c2oc2ccccc23)cc1. The van der Waals surface area contributed by atoms with Crippen LogP contribution in [0.3, 0.4) is 0 Å². The average Bonchev–Trinajstić information content (AvgIpc) is 3.57. The summed E-state index contributed by atoms with van der Waals surface area (Å²) in [6.07, 6.45) is 0. The van der Waals surface area contributed by atoms with Gasteiger partial charge in [-0.2, -0.15) is 0 Å². The standard InChI is InChI=1S/C36H21N3O/c1-2-12-24(13-3-1)33-35-34(27-16-8-9-17-30(27)40-35)38-36(37-33)39-28-20-18-22-10-4-6-14-25(22)31(28)32-26-15-7-5-11-23(26)19-21-29(32)39/h1-21H. The molecule has 0 spiro atoms. The minimum Gasteiger partial charge on any atom is -0.452 e. The molecule has 0 radical (unpaired) electrons. The van der Waals surface area contributed by atoms with E-state index in [0.717, 1.165) is 38.8 Å². The molecule has 0 aliphatic rings. The summed E-state index contributed by atoms with van der Waals surface area (Å²) in [7, 11) is 0. The lowest BCUT2D eigenvalue weighted by Crippen LogP contribution is -2.02. The van der Waals surface area contributed by atoms with Crippen LogP contribution in [0.4, 0.5) is 0 Å². The van der Waals surface area contributed by atoms with Gasteiger partial charge in [-0.3, -0.25) is 4.57 Å². The third-order valence-corrected chi connectivity index (χ3v) is 8.00. The summed E-state index contributed by atoms with van der Waals surface area (Å²) < 4.78 is 8.59. The zero-order valence-electron chi connectivity index (χ0n) is 21.4. The van der Waals surface area contributed by atoms with Crippen LogP contribution in [0.25, 0.3) is 82.6 Å². The largest absolute Gasteiger partial charge is 0.452 e. The second-order valence-corrected chi connectivity index (χ2v) is 10.2. The zero-order valence-corrected chi connectivity index (χ0v) is 21.4. The predicted octanol–water partition coefficient (Wildman–Crippen LogP) is 9.45. The van der Waals surface area contributed by atoms with E-state index in [-0.39, 0.29) is 0 Å². The Morgan fingerprint density at radius 1 is 0.500 bits per heavy atom. The van der Waals surface area contributed by atoms with E-state index in [0.29, 0.717) is 11.5 Å². The van der Waals surface area contributed by atoms with Crippen molar-refractivity contribution in [1.29, 1.82) is 0 Å². The molecule has 0 aliphatic carbocycles. The molecular weight excluding hydrogens is 490 g/mol. The van der Waals surface area contributed by atoms with Crippen LogP contribution in [0.1, 0.15) is 0 Å². The van der Waals surface area contributed by atoms with E-state index in [1.54, 1.807) is 0 Å². The first-order valence-electron chi connectivity index (χ1n) is 13.4. The minimum atomic E-state index is 0.628. The number of nitrogens with zero attached hydrogens (tertiary/aromatic N) is 3. The molecule has 0 N–H and O–H groups in total. The lowest BCUT2D eigenvalue weighted by molar-refractivity contribution is 0.666. The van der Waals surface area contributed by atoms with Crippen LogP contribution in [0.15, 0.2) is 132 Å². The van der Waals surface area contributed by atoms with Crippen LogP contribution < -0.4 is 0 Å². The van der Waals surface area contributed by atoms with Crippen molar-refractivity contribution in [2.75, 3.05) is 0 Å². The third-order valence-electron chi connectivity index (χ3n) is 8.00. The second kappa shape index (κ2) is 8.01. The van der Waals surface area contributed by atoms with Gasteiger partial charge in [-0.25, -0.2) is 9.97 Å². The van der Waals surface area contributed by atoms with E-state index in [1.807, 2.05) is 36.4 Å². The summed E-state index contributed by atoms with van der Waals surface area (Å²) in [6.45, 7) is 0. The third kappa shape index (κ3) is 2.90. The van der Waals surface area contributed by atoms with Gasteiger partial charge in [0.05, 0.1) is 11.0 Å². The van der Waals surface area contributed by atoms with Gasteiger partial charge in [-0.05, 0) is 45.8 Å². The first-order chi connectivity index (χ1) is 19.8. The molecule has 0 unspecified atom stereocenters. The molecule has 4 nitrogen and oxygen atoms in total. The molecule has 0 aliphatic heterocycles. The summed E-state index contributed by atoms with van der Waals surface area (Å²) in [5, 5.41) is 8.28. The van der Waals surface area contributed by atoms with Crippen LogP contribution >= 0.6 is 0 Å². The average molecular weight is 512 g/mol. The molecule has 3 heterocycles. The highest BCUT2D eigenvalue weighted by molar-refractivity contribution is 6.28. The second-order valence-electron chi connectivity index (χ2n) is 10.2. The topological polar surface area (TPSA) is 43.9 Å². The Kier molecular flexibility index (Phi) is 4.30. The van der Waals surface area contributed by atoms with Crippen LogP contribution in [0, 0.1) is 0 Å². The Bertz CT molecular complexity index is 2340. The van der Waals surface area contributed by atoms with Crippen LogP contribution in [-0.4, -0.2) is 14.5 Å². The summed E-state index contributed by atoms with van der Waals surface area (Å²) in [5.41, 5.74) is 6.26.